The summed E-state index contributed by atoms with van der Waals surface area (Å²) in [7, 11) is 0. The van der Waals surface area contributed by atoms with Crippen molar-refractivity contribution in [3.05, 3.63) is 89.8 Å². The van der Waals surface area contributed by atoms with E-state index in [9.17, 15) is 9.18 Å². The van der Waals surface area contributed by atoms with Crippen molar-refractivity contribution in [2.24, 2.45) is 0 Å². The molecule has 0 saturated heterocycles. The molecule has 0 saturated carbocycles. The molecule has 0 bridgehead atoms. The molecule has 0 unspecified atom stereocenters. The summed E-state index contributed by atoms with van der Waals surface area (Å²) in [6.45, 7) is 0. The fraction of sp³-hybridized carbons (Fsp3) is 0. The van der Waals surface area contributed by atoms with Gasteiger partial charge in [0.2, 0.25) is 0 Å². The molecule has 2 aromatic heterocycles. The van der Waals surface area contributed by atoms with Gasteiger partial charge in [0.05, 0.1) is 11.4 Å². The summed E-state index contributed by atoms with van der Waals surface area (Å²) in [5.74, 6) is -0.535. The number of thiazole rings is 1. The smallest absolute Gasteiger partial charge is 0.255 e. The lowest BCUT2D eigenvalue weighted by atomic mass is 10.1. The van der Waals surface area contributed by atoms with E-state index in [1.807, 2.05) is 29.6 Å². The predicted molar refractivity (Wildman–Crippen MR) is 105 cm³/mol. The van der Waals surface area contributed by atoms with Gasteiger partial charge in [-0.05, 0) is 30.3 Å². The number of nitrogens with one attached hydrogen (secondary N) is 1. The van der Waals surface area contributed by atoms with Crippen molar-refractivity contribution in [1.82, 2.24) is 9.97 Å². The Labute approximate surface area is 159 Å². The minimum atomic E-state index is -0.308. The molecule has 0 aliphatic rings. The van der Waals surface area contributed by atoms with Gasteiger partial charge in [-0.25, -0.2) is 9.37 Å². The fourth-order valence-electron chi connectivity index (χ4n) is 2.67. The van der Waals surface area contributed by atoms with Crippen LogP contribution in [0.5, 0.6) is 0 Å². The number of halogens is 1. The normalized spacial score (nSPS) is 10.6. The summed E-state index contributed by atoms with van der Waals surface area (Å²) in [4.78, 5) is 21.0. The number of anilines is 1. The van der Waals surface area contributed by atoms with E-state index < -0.39 is 0 Å². The maximum Gasteiger partial charge on any atom is 0.255 e. The molecule has 4 nitrogen and oxygen atoms in total. The fourth-order valence-corrected chi connectivity index (χ4v) is 3.52. The van der Waals surface area contributed by atoms with Crippen molar-refractivity contribution in [3.63, 3.8) is 0 Å². The lowest BCUT2D eigenvalue weighted by Crippen LogP contribution is -2.12. The molecule has 4 aromatic rings. The van der Waals surface area contributed by atoms with Crippen molar-refractivity contribution in [2.45, 2.75) is 0 Å². The van der Waals surface area contributed by atoms with Crippen LogP contribution >= 0.6 is 11.3 Å². The van der Waals surface area contributed by atoms with Crippen molar-refractivity contribution in [2.75, 3.05) is 5.32 Å². The molecule has 1 N–H and O–H groups in total. The number of para-hydroxylation sites is 1. The van der Waals surface area contributed by atoms with E-state index in [0.717, 1.165) is 5.56 Å². The lowest BCUT2D eigenvalue weighted by molar-refractivity contribution is 0.102. The number of carbonyl (C=O) groups is 1. The van der Waals surface area contributed by atoms with Gasteiger partial charge in [0, 0.05) is 34.5 Å². The number of nitrogens with zero attached hydrogens (tertiary/aromatic N) is 2. The first-order chi connectivity index (χ1) is 13.2. The van der Waals surface area contributed by atoms with Crippen molar-refractivity contribution in [1.29, 1.82) is 0 Å². The van der Waals surface area contributed by atoms with E-state index in [2.05, 4.69) is 15.3 Å². The first-order valence-corrected chi connectivity index (χ1v) is 9.11. The Balaban J connectivity index is 1.66. The summed E-state index contributed by atoms with van der Waals surface area (Å²) in [5.41, 5.74) is 3.09. The number of rotatable bonds is 4. The molecule has 0 aliphatic carbocycles. The van der Waals surface area contributed by atoms with Gasteiger partial charge in [0.1, 0.15) is 10.8 Å². The first kappa shape index (κ1) is 17.1. The second-order valence-corrected chi connectivity index (χ2v) is 6.61. The Morgan fingerprint density at radius 2 is 1.63 bits per heavy atom. The Kier molecular flexibility index (Phi) is 4.72. The molecule has 0 spiro atoms. The predicted octanol–water partition coefficient (Wildman–Crippen LogP) is 5.26. The molecule has 0 fully saturated rings. The average Bonchev–Trinajstić information content (AvgIpc) is 3.19. The van der Waals surface area contributed by atoms with Gasteiger partial charge in [0.15, 0.2) is 0 Å². The molecule has 27 heavy (non-hydrogen) atoms. The van der Waals surface area contributed by atoms with Gasteiger partial charge in [-0.2, -0.15) is 0 Å². The van der Waals surface area contributed by atoms with Crippen LogP contribution in [-0.2, 0) is 0 Å². The van der Waals surface area contributed by atoms with Gasteiger partial charge in [-0.15, -0.1) is 11.3 Å². The molecule has 1 amide bonds. The van der Waals surface area contributed by atoms with Gasteiger partial charge in [-0.1, -0.05) is 30.3 Å². The van der Waals surface area contributed by atoms with Crippen LogP contribution in [0.25, 0.3) is 21.8 Å². The topological polar surface area (TPSA) is 54.9 Å². The summed E-state index contributed by atoms with van der Waals surface area (Å²) in [6, 6.07) is 17.3. The highest BCUT2D eigenvalue weighted by atomic mass is 32.1. The number of carbonyl (C=O) groups excluding carboxylic acids is 1. The monoisotopic (exact) mass is 375 g/mol. The van der Waals surface area contributed by atoms with Crippen molar-refractivity contribution < 1.29 is 9.18 Å². The minimum absolute atomic E-state index is 0.227. The van der Waals surface area contributed by atoms with E-state index >= 15 is 0 Å². The number of hydrogen-bond donors (Lipinski definition) is 1. The molecule has 0 atom stereocenters. The van der Waals surface area contributed by atoms with Crippen LogP contribution in [0.1, 0.15) is 10.4 Å². The van der Waals surface area contributed by atoms with Crippen LogP contribution in [-0.4, -0.2) is 15.9 Å². The van der Waals surface area contributed by atoms with E-state index in [-0.39, 0.29) is 11.7 Å². The maximum absolute atomic E-state index is 14.0. The average molecular weight is 375 g/mol. The van der Waals surface area contributed by atoms with Gasteiger partial charge < -0.3 is 5.32 Å². The third-order valence-corrected chi connectivity index (χ3v) is 4.88. The number of pyridine rings is 1. The van der Waals surface area contributed by atoms with Crippen LogP contribution in [0.3, 0.4) is 0 Å². The molecule has 0 radical (unpaired) electrons. The van der Waals surface area contributed by atoms with Gasteiger partial charge in [0.25, 0.3) is 5.91 Å². The largest absolute Gasteiger partial charge is 0.321 e. The van der Waals surface area contributed by atoms with E-state index in [1.54, 1.807) is 42.7 Å². The number of hydrogen-bond acceptors (Lipinski definition) is 4. The third kappa shape index (κ3) is 3.61. The SMILES string of the molecule is O=C(Nc1ccccc1-c1csc(-c2ccccc2F)n1)c1ccncc1. The summed E-state index contributed by atoms with van der Waals surface area (Å²) < 4.78 is 14.0. The highest BCUT2D eigenvalue weighted by Gasteiger charge is 2.14. The molecule has 6 heteroatoms. The van der Waals surface area contributed by atoms with Gasteiger partial charge in [-0.3, -0.25) is 9.78 Å². The zero-order chi connectivity index (χ0) is 18.6. The molecule has 0 aliphatic heterocycles. The molecule has 2 aromatic carbocycles. The van der Waals surface area contributed by atoms with E-state index in [0.29, 0.717) is 27.5 Å². The highest BCUT2D eigenvalue weighted by Crippen LogP contribution is 2.33. The van der Waals surface area contributed by atoms with Crippen LogP contribution in [0.15, 0.2) is 78.4 Å². The van der Waals surface area contributed by atoms with E-state index in [4.69, 9.17) is 0 Å². The number of amides is 1. The Morgan fingerprint density at radius 3 is 2.41 bits per heavy atom. The lowest BCUT2D eigenvalue weighted by Gasteiger charge is -2.09. The van der Waals surface area contributed by atoms with Crippen LogP contribution in [0, 0.1) is 5.82 Å². The quantitative estimate of drug-likeness (QED) is 0.529. The second-order valence-electron chi connectivity index (χ2n) is 5.75. The zero-order valence-electron chi connectivity index (χ0n) is 14.1. The second kappa shape index (κ2) is 7.47. The third-order valence-electron chi connectivity index (χ3n) is 4.00. The molecule has 2 heterocycles. The molecule has 132 valence electrons. The van der Waals surface area contributed by atoms with Gasteiger partial charge >= 0.3 is 0 Å². The summed E-state index contributed by atoms with van der Waals surface area (Å²) in [6.07, 6.45) is 3.14. The van der Waals surface area contributed by atoms with Crippen LogP contribution in [0.4, 0.5) is 10.1 Å². The van der Waals surface area contributed by atoms with E-state index in [1.165, 1.54) is 17.4 Å². The van der Waals surface area contributed by atoms with Crippen LogP contribution < -0.4 is 5.32 Å². The number of benzene rings is 2. The Morgan fingerprint density at radius 1 is 0.926 bits per heavy atom. The molecular weight excluding hydrogens is 361 g/mol. The minimum Gasteiger partial charge on any atom is -0.321 e. The maximum atomic E-state index is 14.0. The summed E-state index contributed by atoms with van der Waals surface area (Å²) >= 11 is 1.36. The molecule has 4 rings (SSSR count). The van der Waals surface area contributed by atoms with Crippen molar-refractivity contribution in [3.8, 4) is 21.8 Å². The Hall–Kier alpha value is -3.38. The van der Waals surface area contributed by atoms with Crippen molar-refractivity contribution >= 4 is 22.9 Å². The Bertz CT molecular complexity index is 1100. The number of aromatic nitrogens is 2. The summed E-state index contributed by atoms with van der Waals surface area (Å²) in [5, 5.41) is 5.37. The zero-order valence-corrected chi connectivity index (χ0v) is 14.9. The van der Waals surface area contributed by atoms with Crippen LogP contribution in [0.2, 0.25) is 0 Å². The highest BCUT2D eigenvalue weighted by molar-refractivity contribution is 7.13. The standard InChI is InChI=1S/C21H14FN3OS/c22-17-7-3-1-5-15(17)21-25-19(13-27-21)16-6-2-4-8-18(16)24-20(26)14-9-11-23-12-10-14/h1-13H,(H,24,26). The molecular formula is C21H14FN3OS. The first-order valence-electron chi connectivity index (χ1n) is 8.23.